The number of hydrogen-bond donors (Lipinski definition) is 1. The zero-order valence-corrected chi connectivity index (χ0v) is 16.0. The Labute approximate surface area is 153 Å². The van der Waals surface area contributed by atoms with E-state index in [4.69, 9.17) is 14.6 Å². The fraction of sp³-hybridized carbons (Fsp3) is 0.692. The Kier molecular flexibility index (Phi) is 11.3. The van der Waals surface area contributed by atoms with Crippen LogP contribution in [-0.4, -0.2) is 47.3 Å². The van der Waals surface area contributed by atoms with E-state index in [0.717, 1.165) is 0 Å². The number of rotatable bonds is 7. The second kappa shape index (κ2) is 10.7. The third kappa shape index (κ3) is 8.43. The van der Waals surface area contributed by atoms with E-state index < -0.39 is 48.1 Å². The van der Waals surface area contributed by atoms with Crippen molar-refractivity contribution in [2.45, 2.75) is 52.9 Å². The van der Waals surface area contributed by atoms with Crippen molar-refractivity contribution >= 4 is 23.9 Å². The summed E-state index contributed by atoms with van der Waals surface area (Å²) in [5, 5.41) is 8.59. The Balaban J connectivity index is 0. The van der Waals surface area contributed by atoms with Gasteiger partial charge in [0.1, 0.15) is 0 Å². The van der Waals surface area contributed by atoms with E-state index in [9.17, 15) is 19.2 Å². The van der Waals surface area contributed by atoms with Gasteiger partial charge in [0.25, 0.3) is 0 Å². The van der Waals surface area contributed by atoms with Gasteiger partial charge in [0.05, 0.1) is 5.92 Å². The largest absolute Gasteiger partial charge is 0.479 e. The zero-order chi connectivity index (χ0) is 16.7. The molecule has 1 N–H and O–H groups in total. The van der Waals surface area contributed by atoms with Gasteiger partial charge >= 0.3 is 23.9 Å². The first-order valence-corrected chi connectivity index (χ1v) is 6.40. The summed E-state index contributed by atoms with van der Waals surface area (Å²) in [6, 6.07) is 0. The maximum atomic E-state index is 11.6. The van der Waals surface area contributed by atoms with Crippen LogP contribution in [0.25, 0.3) is 0 Å². The van der Waals surface area contributed by atoms with Crippen molar-refractivity contribution in [3.63, 3.8) is 0 Å². The van der Waals surface area contributed by atoms with Gasteiger partial charge in [-0.05, 0) is 20.8 Å². The molecule has 0 rings (SSSR count). The van der Waals surface area contributed by atoms with Crippen LogP contribution in [0, 0.1) is 5.92 Å². The second-order valence-corrected chi connectivity index (χ2v) is 4.73. The van der Waals surface area contributed by atoms with Crippen molar-refractivity contribution in [2.75, 3.05) is 0 Å². The van der Waals surface area contributed by atoms with E-state index >= 15 is 0 Å². The third-order valence-electron chi connectivity index (χ3n) is 2.36. The molecule has 0 aromatic rings. The summed E-state index contributed by atoms with van der Waals surface area (Å²) < 4.78 is 14.1. The topological polar surface area (TPSA) is 116 Å². The quantitative estimate of drug-likeness (QED) is 0.492. The number of esters is 3. The predicted molar refractivity (Wildman–Crippen MR) is 69.1 cm³/mol. The van der Waals surface area contributed by atoms with E-state index in [0.29, 0.717) is 0 Å². The average Bonchev–Trinajstić information content (AvgIpc) is 2.37. The van der Waals surface area contributed by atoms with E-state index in [1.54, 1.807) is 13.8 Å². The van der Waals surface area contributed by atoms with Gasteiger partial charge in [-0.1, -0.05) is 13.8 Å². The molecule has 9 heteroatoms. The molecule has 0 spiro atoms. The molecule has 8 nitrogen and oxygen atoms in total. The minimum atomic E-state index is -1.35. The van der Waals surface area contributed by atoms with E-state index in [-0.39, 0.29) is 32.7 Å². The fourth-order valence-corrected chi connectivity index (χ4v) is 0.997. The van der Waals surface area contributed by atoms with E-state index in [1.807, 2.05) is 0 Å². The molecular weight excluding hydrogens is 373 g/mol. The molecule has 22 heavy (non-hydrogen) atoms. The molecule has 0 fully saturated rings. The Morgan fingerprint density at radius 2 is 1.00 bits per heavy atom. The van der Waals surface area contributed by atoms with Crippen LogP contribution < -0.4 is 0 Å². The molecule has 0 aromatic carbocycles. The molecule has 0 saturated carbocycles. The first-order chi connectivity index (χ1) is 9.56. The fourth-order valence-electron chi connectivity index (χ4n) is 0.997. The monoisotopic (exact) mass is 393 g/mol. The Morgan fingerprint density at radius 3 is 1.32 bits per heavy atom. The molecule has 0 aliphatic heterocycles. The molecule has 0 heterocycles. The molecule has 0 bridgehead atoms. The molecule has 0 unspecified atom stereocenters. The number of aliphatic carboxylic acids is 1. The first kappa shape index (κ1) is 23.3. The average molecular weight is 393 g/mol. The Hall–Kier alpha value is -1.02. The third-order valence-corrected chi connectivity index (χ3v) is 2.36. The van der Waals surface area contributed by atoms with Crippen LogP contribution in [0.1, 0.15) is 34.6 Å². The SMILES string of the molecule is CC(C)C(=O)O[C@@H](C)C(=O)O[C@@H](C)C(=O)O[C@@H](C)C(=O)O.[Y]. The molecule has 0 amide bonds. The molecule has 0 aliphatic carbocycles. The van der Waals surface area contributed by atoms with Gasteiger partial charge in [0.2, 0.25) is 0 Å². The van der Waals surface area contributed by atoms with Crippen molar-refractivity contribution in [1.82, 2.24) is 0 Å². The van der Waals surface area contributed by atoms with Gasteiger partial charge in [0.15, 0.2) is 18.3 Å². The predicted octanol–water partition coefficient (Wildman–Crippen LogP) is 0.520. The summed E-state index contributed by atoms with van der Waals surface area (Å²) in [5.41, 5.74) is 0. The number of carboxylic acid groups (broad SMARTS) is 1. The minimum absolute atomic E-state index is 0. The number of carbonyl (C=O) groups is 4. The molecule has 0 aliphatic rings. The van der Waals surface area contributed by atoms with Crippen LogP contribution >= 0.6 is 0 Å². The molecule has 3 atom stereocenters. The summed E-state index contributed by atoms with van der Waals surface area (Å²) >= 11 is 0. The molecule has 0 saturated heterocycles. The van der Waals surface area contributed by atoms with Gasteiger partial charge < -0.3 is 19.3 Å². The van der Waals surface area contributed by atoms with Crippen LogP contribution in [0.5, 0.6) is 0 Å². The Bertz CT molecular complexity index is 420. The van der Waals surface area contributed by atoms with Crippen LogP contribution in [0.2, 0.25) is 0 Å². The molecule has 0 aromatic heterocycles. The summed E-state index contributed by atoms with van der Waals surface area (Å²) in [6.07, 6.45) is -3.83. The minimum Gasteiger partial charge on any atom is -0.479 e. The van der Waals surface area contributed by atoms with Crippen LogP contribution in [0.15, 0.2) is 0 Å². The van der Waals surface area contributed by atoms with Gasteiger partial charge in [-0.2, -0.15) is 0 Å². The van der Waals surface area contributed by atoms with E-state index in [2.05, 4.69) is 4.74 Å². The van der Waals surface area contributed by atoms with Gasteiger partial charge in [0, 0.05) is 32.7 Å². The van der Waals surface area contributed by atoms with Crippen LogP contribution in [0.4, 0.5) is 0 Å². The Morgan fingerprint density at radius 1 is 0.682 bits per heavy atom. The summed E-state index contributed by atoms with van der Waals surface area (Å²) in [6.45, 7) is 6.91. The van der Waals surface area contributed by atoms with Crippen molar-refractivity contribution in [3.05, 3.63) is 0 Å². The van der Waals surface area contributed by atoms with Gasteiger partial charge in [-0.25, -0.2) is 14.4 Å². The first-order valence-electron chi connectivity index (χ1n) is 6.40. The van der Waals surface area contributed by atoms with Gasteiger partial charge in [-0.3, -0.25) is 4.79 Å². The van der Waals surface area contributed by atoms with Crippen molar-refractivity contribution < 1.29 is 71.2 Å². The van der Waals surface area contributed by atoms with Crippen molar-refractivity contribution in [2.24, 2.45) is 5.92 Å². The maximum absolute atomic E-state index is 11.6. The normalized spacial score (nSPS) is 14.1. The van der Waals surface area contributed by atoms with Crippen LogP contribution in [0.3, 0.4) is 0 Å². The number of ether oxygens (including phenoxy) is 3. The summed E-state index contributed by atoms with van der Waals surface area (Å²) in [4.78, 5) is 44.9. The number of carboxylic acids is 1. The number of hydrogen-bond acceptors (Lipinski definition) is 7. The second-order valence-electron chi connectivity index (χ2n) is 4.73. The summed E-state index contributed by atoms with van der Waals surface area (Å²) in [7, 11) is 0. The van der Waals surface area contributed by atoms with Gasteiger partial charge in [-0.15, -0.1) is 0 Å². The van der Waals surface area contributed by atoms with E-state index in [1.165, 1.54) is 20.8 Å². The van der Waals surface area contributed by atoms with Crippen molar-refractivity contribution in [1.29, 1.82) is 0 Å². The van der Waals surface area contributed by atoms with Crippen LogP contribution in [-0.2, 0) is 66.1 Å². The molecule has 123 valence electrons. The standard InChI is InChI=1S/C13H20O8.Y/c1-6(2)11(16)20-8(4)13(18)21-9(5)12(17)19-7(3)10(14)15;/h6-9H,1-5H3,(H,14,15);/t7-,8-,9-;/m0./s1. The smallest absolute Gasteiger partial charge is 0.347 e. The molecular formula is C13H20O8Y. The van der Waals surface area contributed by atoms with Crippen molar-refractivity contribution in [3.8, 4) is 0 Å². The zero-order valence-electron chi connectivity index (χ0n) is 13.2. The number of carbonyl (C=O) groups excluding carboxylic acids is 3. The maximum Gasteiger partial charge on any atom is 0.347 e. The molecule has 1 radical (unpaired) electrons. The summed E-state index contributed by atoms with van der Waals surface area (Å²) in [5.74, 6) is -4.22.